The van der Waals surface area contributed by atoms with Gasteiger partial charge in [-0.3, -0.25) is 9.59 Å². The number of benzene rings is 1. The quantitative estimate of drug-likeness (QED) is 0.865. The topological polar surface area (TPSA) is 58.6 Å². The summed E-state index contributed by atoms with van der Waals surface area (Å²) in [6, 6.07) is 5.48. The van der Waals surface area contributed by atoms with Gasteiger partial charge in [0, 0.05) is 18.7 Å². The van der Waals surface area contributed by atoms with E-state index in [2.05, 4.69) is 5.32 Å². The number of nitrogens with zero attached hydrogens (tertiary/aromatic N) is 1. The predicted octanol–water partition coefficient (Wildman–Crippen LogP) is 2.70. The lowest BCUT2D eigenvalue weighted by atomic mass is 10.1. The Hall–Kier alpha value is -2.04. The fourth-order valence-corrected chi connectivity index (χ4v) is 3.45. The van der Waals surface area contributed by atoms with Gasteiger partial charge in [-0.2, -0.15) is 0 Å². The zero-order valence-electron chi connectivity index (χ0n) is 15.0. The molecule has 3 fully saturated rings. The Kier molecular flexibility index (Phi) is 4.18. The standard InChI is InChI=1S/C20H26N2O3/c1-12-9-17(20(24)22(12)2)21-19(23)15-7-8-16(14-5-6-14)18(10-15)25-11-13-3-4-13/h7-8,10,12-14,17H,3-6,9,11H2,1-2H3,(H,21,23)/t12?,17-/m0/s1. The number of carbonyl (C=O) groups is 2. The Balaban J connectivity index is 1.48. The summed E-state index contributed by atoms with van der Waals surface area (Å²) in [7, 11) is 1.79. The fraction of sp³-hybridized carbons (Fsp3) is 0.600. The van der Waals surface area contributed by atoms with Crippen molar-refractivity contribution in [1.82, 2.24) is 10.2 Å². The highest BCUT2D eigenvalue weighted by Crippen LogP contribution is 2.45. The minimum Gasteiger partial charge on any atom is -0.493 e. The van der Waals surface area contributed by atoms with Crippen molar-refractivity contribution in [1.29, 1.82) is 0 Å². The monoisotopic (exact) mass is 342 g/mol. The van der Waals surface area contributed by atoms with Gasteiger partial charge in [-0.15, -0.1) is 0 Å². The molecule has 2 atom stereocenters. The lowest BCUT2D eigenvalue weighted by Crippen LogP contribution is -2.40. The van der Waals surface area contributed by atoms with Gasteiger partial charge in [-0.05, 0) is 68.6 Å². The second kappa shape index (κ2) is 6.36. The number of likely N-dealkylation sites (N-methyl/N-ethyl adjacent to an activating group) is 1. The summed E-state index contributed by atoms with van der Waals surface area (Å²) in [6.07, 6.45) is 5.55. The molecule has 4 rings (SSSR count). The number of nitrogens with one attached hydrogen (secondary N) is 1. The summed E-state index contributed by atoms with van der Waals surface area (Å²) >= 11 is 0. The number of hydrogen-bond donors (Lipinski definition) is 1. The third-order valence-corrected chi connectivity index (χ3v) is 5.65. The number of likely N-dealkylation sites (tertiary alicyclic amines) is 1. The molecule has 0 radical (unpaired) electrons. The maximum Gasteiger partial charge on any atom is 0.252 e. The average Bonchev–Trinajstić information content (AvgIpc) is 3.50. The van der Waals surface area contributed by atoms with Crippen LogP contribution in [0.1, 0.15) is 60.9 Å². The molecule has 25 heavy (non-hydrogen) atoms. The maximum absolute atomic E-state index is 12.6. The summed E-state index contributed by atoms with van der Waals surface area (Å²) in [6.45, 7) is 2.74. The summed E-state index contributed by atoms with van der Waals surface area (Å²) in [5.74, 6) is 1.90. The highest BCUT2D eigenvalue weighted by Gasteiger charge is 2.36. The SMILES string of the molecule is CC1C[C@H](NC(=O)c2ccc(C3CC3)c(OCC3CC3)c2)C(=O)N1C. The average molecular weight is 342 g/mol. The van der Waals surface area contributed by atoms with E-state index < -0.39 is 6.04 Å². The molecule has 2 amide bonds. The summed E-state index contributed by atoms with van der Waals surface area (Å²) in [5.41, 5.74) is 1.80. The first-order valence-corrected chi connectivity index (χ1v) is 9.37. The summed E-state index contributed by atoms with van der Waals surface area (Å²) < 4.78 is 6.02. The van der Waals surface area contributed by atoms with E-state index >= 15 is 0 Å². The van der Waals surface area contributed by atoms with Crippen LogP contribution in [0.5, 0.6) is 5.75 Å². The Morgan fingerprint density at radius 1 is 1.28 bits per heavy atom. The molecule has 5 heteroatoms. The summed E-state index contributed by atoms with van der Waals surface area (Å²) in [4.78, 5) is 26.5. The molecule has 0 bridgehead atoms. The first kappa shape index (κ1) is 16.4. The highest BCUT2D eigenvalue weighted by molar-refractivity contribution is 5.98. The van der Waals surface area contributed by atoms with E-state index in [0.717, 1.165) is 12.4 Å². The molecule has 5 nitrogen and oxygen atoms in total. The van der Waals surface area contributed by atoms with Crippen molar-refractivity contribution < 1.29 is 14.3 Å². The van der Waals surface area contributed by atoms with Gasteiger partial charge in [0.15, 0.2) is 0 Å². The molecule has 1 heterocycles. The number of rotatable bonds is 6. The van der Waals surface area contributed by atoms with Crippen LogP contribution in [0.4, 0.5) is 0 Å². The minimum atomic E-state index is -0.425. The molecule has 1 aliphatic heterocycles. The lowest BCUT2D eigenvalue weighted by Gasteiger charge is -2.15. The Morgan fingerprint density at radius 3 is 2.64 bits per heavy atom. The molecule has 2 aliphatic carbocycles. The number of carbonyl (C=O) groups excluding carboxylic acids is 2. The van der Waals surface area contributed by atoms with E-state index in [1.54, 1.807) is 11.9 Å². The molecule has 1 saturated heterocycles. The Bertz CT molecular complexity index is 694. The van der Waals surface area contributed by atoms with Crippen molar-refractivity contribution in [3.8, 4) is 5.75 Å². The van der Waals surface area contributed by atoms with E-state index in [0.29, 0.717) is 23.8 Å². The van der Waals surface area contributed by atoms with Crippen LogP contribution in [-0.4, -0.2) is 42.5 Å². The van der Waals surface area contributed by atoms with Crippen LogP contribution >= 0.6 is 0 Å². The van der Waals surface area contributed by atoms with Crippen molar-refractivity contribution in [3.05, 3.63) is 29.3 Å². The van der Waals surface area contributed by atoms with E-state index in [-0.39, 0.29) is 17.9 Å². The van der Waals surface area contributed by atoms with Gasteiger partial charge in [0.25, 0.3) is 5.91 Å². The van der Waals surface area contributed by atoms with Gasteiger partial charge in [0.05, 0.1) is 6.61 Å². The second-order valence-corrected chi connectivity index (χ2v) is 7.84. The van der Waals surface area contributed by atoms with Crippen molar-refractivity contribution in [3.63, 3.8) is 0 Å². The number of hydrogen-bond acceptors (Lipinski definition) is 3. The van der Waals surface area contributed by atoms with Crippen molar-refractivity contribution >= 4 is 11.8 Å². The van der Waals surface area contributed by atoms with Crippen molar-refractivity contribution in [2.75, 3.05) is 13.7 Å². The third-order valence-electron chi connectivity index (χ3n) is 5.65. The molecule has 0 aromatic heterocycles. The summed E-state index contributed by atoms with van der Waals surface area (Å²) in [5, 5.41) is 2.89. The molecule has 2 saturated carbocycles. The van der Waals surface area contributed by atoms with Gasteiger partial charge in [-0.1, -0.05) is 6.07 Å². The lowest BCUT2D eigenvalue weighted by molar-refractivity contribution is -0.128. The van der Waals surface area contributed by atoms with E-state index in [1.807, 2.05) is 25.1 Å². The van der Waals surface area contributed by atoms with Crippen molar-refractivity contribution in [2.24, 2.45) is 5.92 Å². The van der Waals surface area contributed by atoms with Crippen LogP contribution in [0.3, 0.4) is 0 Å². The van der Waals surface area contributed by atoms with Crippen LogP contribution in [0.15, 0.2) is 18.2 Å². The fourth-order valence-electron chi connectivity index (χ4n) is 3.45. The largest absolute Gasteiger partial charge is 0.493 e. The predicted molar refractivity (Wildman–Crippen MR) is 94.7 cm³/mol. The van der Waals surface area contributed by atoms with Crippen LogP contribution in [0, 0.1) is 5.92 Å². The number of amides is 2. The van der Waals surface area contributed by atoms with Gasteiger partial charge >= 0.3 is 0 Å². The Morgan fingerprint density at radius 2 is 2.04 bits per heavy atom. The van der Waals surface area contributed by atoms with Gasteiger partial charge in [0.1, 0.15) is 11.8 Å². The van der Waals surface area contributed by atoms with Gasteiger partial charge < -0.3 is 15.0 Å². The number of ether oxygens (including phenoxy) is 1. The first-order valence-electron chi connectivity index (χ1n) is 9.37. The zero-order valence-corrected chi connectivity index (χ0v) is 15.0. The molecular formula is C20H26N2O3. The normalized spacial score (nSPS) is 26.0. The molecule has 0 spiro atoms. The molecular weight excluding hydrogens is 316 g/mol. The van der Waals surface area contributed by atoms with Crippen LogP contribution in [0.25, 0.3) is 0 Å². The van der Waals surface area contributed by atoms with Gasteiger partial charge in [-0.25, -0.2) is 0 Å². The molecule has 1 unspecified atom stereocenters. The van der Waals surface area contributed by atoms with Crippen LogP contribution in [0.2, 0.25) is 0 Å². The second-order valence-electron chi connectivity index (χ2n) is 7.84. The third kappa shape index (κ3) is 3.51. The van der Waals surface area contributed by atoms with E-state index in [9.17, 15) is 9.59 Å². The van der Waals surface area contributed by atoms with E-state index in [1.165, 1.54) is 31.2 Å². The van der Waals surface area contributed by atoms with Crippen molar-refractivity contribution in [2.45, 2.75) is 57.0 Å². The first-order chi connectivity index (χ1) is 12.0. The molecule has 1 aromatic rings. The van der Waals surface area contributed by atoms with Crippen LogP contribution < -0.4 is 10.1 Å². The Labute approximate surface area is 148 Å². The van der Waals surface area contributed by atoms with E-state index in [4.69, 9.17) is 4.74 Å². The smallest absolute Gasteiger partial charge is 0.252 e. The highest BCUT2D eigenvalue weighted by atomic mass is 16.5. The molecule has 134 valence electrons. The molecule has 3 aliphatic rings. The van der Waals surface area contributed by atoms with Crippen LogP contribution in [-0.2, 0) is 4.79 Å². The molecule has 1 aromatic carbocycles. The minimum absolute atomic E-state index is 0.0133. The maximum atomic E-state index is 12.6. The zero-order chi connectivity index (χ0) is 17.6. The molecule has 1 N–H and O–H groups in total. The van der Waals surface area contributed by atoms with Gasteiger partial charge in [0.2, 0.25) is 5.91 Å².